The van der Waals surface area contributed by atoms with Crippen LogP contribution < -0.4 is 84.7 Å². The Labute approximate surface area is 670 Å². The van der Waals surface area contributed by atoms with E-state index in [-0.39, 0.29) is 184 Å². The first-order valence-corrected chi connectivity index (χ1v) is 31.1. The first-order chi connectivity index (χ1) is 38.3. The molecular formula is C69H88Cl12N4O2Pd4. The number of rotatable bonds is 16. The Hall–Kier alpha value is -0.271. The molecule has 0 radical (unpaired) electrons. The Balaban J connectivity index is -0.000000170. The first kappa shape index (κ1) is 109. The molecule has 0 saturated heterocycles. The minimum atomic E-state index is -0.0469. The number of nitrogens with zero attached hydrogens (tertiary/aromatic N) is 4. The van der Waals surface area contributed by atoms with Crippen LogP contribution in [-0.4, -0.2) is 40.9 Å². The zero-order valence-corrected chi connectivity index (χ0v) is 70.0. The van der Waals surface area contributed by atoms with Crippen LogP contribution in [0.4, 0.5) is 22.7 Å². The summed E-state index contributed by atoms with van der Waals surface area (Å²) < 4.78 is 0. The molecule has 0 aliphatic carbocycles. The van der Waals surface area contributed by atoms with E-state index in [1.165, 1.54) is 44.5 Å². The topological polar surface area (TPSA) is 95.6 Å². The van der Waals surface area contributed by atoms with Gasteiger partial charge >= 0.3 is 81.7 Å². The van der Waals surface area contributed by atoms with E-state index in [1.807, 2.05) is 38.1 Å². The maximum absolute atomic E-state index is 13.5. The average molecular weight is 1860 g/mol. The van der Waals surface area contributed by atoms with Crippen LogP contribution >= 0.6 is 69.6 Å². The molecular weight excluding hydrogens is 1770 g/mol. The fourth-order valence-electron chi connectivity index (χ4n) is 9.22. The molecule has 0 heterocycles. The van der Waals surface area contributed by atoms with Gasteiger partial charge in [0.15, 0.2) is 0 Å². The third-order valence-corrected chi connectivity index (χ3v) is 13.3. The van der Waals surface area contributed by atoms with Gasteiger partial charge in [-0.2, -0.15) is 0 Å². The summed E-state index contributed by atoms with van der Waals surface area (Å²) in [5.74, 6) is 2.68. The molecule has 0 atom stereocenters. The second kappa shape index (κ2) is 57.6. The zero-order chi connectivity index (χ0) is 61.3. The van der Waals surface area contributed by atoms with Crippen molar-refractivity contribution in [2.24, 2.45) is 20.0 Å². The van der Waals surface area contributed by atoms with E-state index >= 15 is 0 Å². The van der Waals surface area contributed by atoms with Crippen molar-refractivity contribution in [2.75, 3.05) is 16.0 Å². The zero-order valence-electron chi connectivity index (χ0n) is 54.7. The number of benzene rings is 6. The van der Waals surface area contributed by atoms with Gasteiger partial charge in [0.25, 0.3) is 0 Å². The normalized spacial score (nSPS) is 10.4. The summed E-state index contributed by atoms with van der Waals surface area (Å²) in [6, 6.07) is 33.1. The van der Waals surface area contributed by atoms with Crippen LogP contribution in [0.2, 0.25) is 0 Å². The summed E-state index contributed by atoms with van der Waals surface area (Å²) in [6.07, 6.45) is 6.95. The fraction of sp³-hybridized carbons (Fsp3) is 0.420. The minimum absolute atomic E-state index is 0. The maximum Gasteiger partial charge on any atom is 2.00 e. The summed E-state index contributed by atoms with van der Waals surface area (Å²) in [5.41, 5.74) is 17.9. The molecule has 6 aromatic rings. The van der Waals surface area contributed by atoms with E-state index in [9.17, 15) is 10.2 Å². The molecule has 6 rings (SSSR count). The molecule has 0 aromatic heterocycles. The quantitative estimate of drug-likeness (QED) is 0.0818. The number of hydrogen-bond donors (Lipinski definition) is 0. The Kier molecular flexibility index (Phi) is 69.2. The van der Waals surface area contributed by atoms with Crippen LogP contribution in [0.3, 0.4) is 0 Å². The van der Waals surface area contributed by atoms with Gasteiger partial charge in [-0.15, -0.1) is 69.6 Å². The van der Waals surface area contributed by atoms with E-state index in [0.29, 0.717) is 69.6 Å². The number of hydrogen-bond acceptors (Lipinski definition) is 6. The molecule has 0 unspecified atom stereocenters. The average Bonchev–Trinajstić information content (AvgIpc) is 3.40. The molecule has 0 fully saturated rings. The molecule has 0 spiro atoms. The Morgan fingerprint density at radius 2 is 0.418 bits per heavy atom. The third-order valence-electron chi connectivity index (χ3n) is 13.3. The van der Waals surface area contributed by atoms with Gasteiger partial charge in [0.2, 0.25) is 0 Å². The van der Waals surface area contributed by atoms with Crippen molar-refractivity contribution in [3.63, 3.8) is 0 Å². The van der Waals surface area contributed by atoms with Gasteiger partial charge in [0.05, 0.1) is 38.8 Å². The van der Waals surface area contributed by atoms with Gasteiger partial charge in [-0.1, -0.05) is 219 Å². The molecule has 0 N–H and O–H groups in total. The van der Waals surface area contributed by atoms with Crippen molar-refractivity contribution in [1.82, 2.24) is 0 Å². The molecule has 0 bridgehead atoms. The monoisotopic (exact) mass is 1850 g/mol. The number of para-hydroxylation sites is 4. The van der Waals surface area contributed by atoms with Crippen molar-refractivity contribution in [2.45, 2.75) is 172 Å². The summed E-state index contributed by atoms with van der Waals surface area (Å²) in [5, 5.41) is 27.5. The van der Waals surface area contributed by atoms with Crippen molar-refractivity contribution >= 4 is 117 Å². The van der Waals surface area contributed by atoms with E-state index in [2.05, 4.69) is 184 Å². The molecule has 0 aliphatic heterocycles. The molecule has 520 valence electrons. The van der Waals surface area contributed by atoms with Gasteiger partial charge in [-0.25, -0.2) is 0 Å². The Morgan fingerprint density at radius 3 is 0.527 bits per heavy atom. The number of aliphatic imine (C=N–C) groups is 4. The number of alkyl halides is 6. The van der Waals surface area contributed by atoms with Crippen LogP contribution in [0.15, 0.2) is 117 Å². The standard InChI is InChI=1S/2C33H42N2O.3CH2Cl2.6ClH.4Pd/c2*1-20(2)27-12-10-13-28(21(3)4)31(27)34-18-25-16-24(9)17-26(33(25)36)19-35-32-29(22(5)6)14-11-15-30(32)23(7)8;3*2-1-3;;;;;;;;;;/h2*10-23,36H,1-9H3;3*1H2;6*1H;;;;/q;;;;;;;;;;;4*+2/p-8. The maximum atomic E-state index is 13.5. The molecule has 6 nitrogen and oxygen atoms in total. The fourth-order valence-corrected chi connectivity index (χ4v) is 9.22. The first-order valence-electron chi connectivity index (χ1n) is 27.9. The van der Waals surface area contributed by atoms with Crippen LogP contribution in [0.1, 0.15) is 236 Å². The molecule has 0 amide bonds. The molecule has 0 saturated carbocycles. The Morgan fingerprint density at radius 1 is 0.297 bits per heavy atom. The molecule has 0 aliphatic rings. The summed E-state index contributed by atoms with van der Waals surface area (Å²) >= 11 is 28.6. The smallest absolute Gasteiger partial charge is 1.00 e. The van der Waals surface area contributed by atoms with Crippen LogP contribution in [0, 0.1) is 13.8 Å². The minimum Gasteiger partial charge on any atom is -1.00 e. The van der Waals surface area contributed by atoms with Gasteiger partial charge in [0.1, 0.15) is 0 Å². The van der Waals surface area contributed by atoms with Gasteiger partial charge in [0, 0.05) is 24.9 Å². The van der Waals surface area contributed by atoms with E-state index in [1.54, 1.807) is 24.9 Å². The van der Waals surface area contributed by atoms with Crippen molar-refractivity contribution in [3.05, 3.63) is 175 Å². The largest absolute Gasteiger partial charge is 2.00 e. The Bertz CT molecular complexity index is 2550. The van der Waals surface area contributed by atoms with Gasteiger partial charge in [-0.05, 0) is 139 Å². The third kappa shape index (κ3) is 35.4. The predicted molar refractivity (Wildman–Crippen MR) is 358 cm³/mol. The van der Waals surface area contributed by atoms with Crippen molar-refractivity contribution in [3.8, 4) is 11.5 Å². The van der Waals surface area contributed by atoms with E-state index in [0.717, 1.165) is 33.9 Å². The van der Waals surface area contributed by atoms with Crippen LogP contribution in [-0.2, 0) is 81.7 Å². The summed E-state index contributed by atoms with van der Waals surface area (Å²) in [4.78, 5) is 19.5. The molecule has 91 heavy (non-hydrogen) atoms. The van der Waals surface area contributed by atoms with Gasteiger partial charge in [-0.3, -0.25) is 20.0 Å². The molecule has 6 aromatic carbocycles. The summed E-state index contributed by atoms with van der Waals surface area (Å²) in [7, 11) is 0. The SMILES string of the molecule is Cc1cc(C=Nc2c(C(C)C)cccc2C(C)C)c([O-])c(C=Nc2c(C(C)C)cccc2C(C)C)c1.Cc1cc(C=Nc2c(C(C)C)cccc2C(C)C)c([O-])c(C=Nc2c(C(C)C)cccc2C(C)C)c1.ClCCl.ClCCl.ClCCl.[Cl-].[Cl-].[Cl-].[Cl-].[Cl-].[Cl-].[Pd+2].[Pd+2].[Pd+2].[Pd+2]. The van der Waals surface area contributed by atoms with Crippen molar-refractivity contribution < 1.29 is 166 Å². The second-order valence-corrected chi connectivity index (χ2v) is 24.7. The number of halogens is 12. The second-order valence-electron chi connectivity index (χ2n) is 22.3. The van der Waals surface area contributed by atoms with Crippen molar-refractivity contribution in [1.29, 1.82) is 0 Å². The van der Waals surface area contributed by atoms with E-state index < -0.39 is 0 Å². The molecule has 22 heteroatoms. The number of aryl methyl sites for hydroxylation is 2. The van der Waals surface area contributed by atoms with Crippen LogP contribution in [0.25, 0.3) is 0 Å². The van der Waals surface area contributed by atoms with Crippen LogP contribution in [0.5, 0.6) is 11.5 Å². The summed E-state index contributed by atoms with van der Waals surface area (Å²) in [6.45, 7) is 38.9. The predicted octanol–water partition coefficient (Wildman–Crippen LogP) is 4.41. The van der Waals surface area contributed by atoms with E-state index in [4.69, 9.17) is 89.6 Å². The van der Waals surface area contributed by atoms with Gasteiger partial charge < -0.3 is 84.7 Å².